The van der Waals surface area contributed by atoms with Gasteiger partial charge >= 0.3 is 0 Å². The van der Waals surface area contributed by atoms with Gasteiger partial charge < -0.3 is 5.32 Å². The van der Waals surface area contributed by atoms with Gasteiger partial charge in [0, 0.05) is 18.0 Å². The summed E-state index contributed by atoms with van der Waals surface area (Å²) >= 11 is 1.55. The van der Waals surface area contributed by atoms with Gasteiger partial charge in [-0.25, -0.2) is 9.37 Å². The van der Waals surface area contributed by atoms with Crippen molar-refractivity contribution in [2.24, 2.45) is 5.92 Å². The van der Waals surface area contributed by atoms with E-state index in [1.54, 1.807) is 35.7 Å². The van der Waals surface area contributed by atoms with Gasteiger partial charge in [-0.3, -0.25) is 4.79 Å². The highest BCUT2D eigenvalue weighted by Gasteiger charge is 2.18. The fraction of sp³-hybridized carbons (Fsp3) is 0.412. The molecular formula is C17H21FN2OS. The number of carbonyl (C=O) groups excluding carboxylic acids is 1. The van der Waals surface area contributed by atoms with Gasteiger partial charge in [-0.2, -0.15) is 0 Å². The van der Waals surface area contributed by atoms with E-state index in [9.17, 15) is 9.18 Å². The molecular weight excluding hydrogens is 299 g/mol. The van der Waals surface area contributed by atoms with Crippen LogP contribution in [0.1, 0.15) is 43.3 Å². The average molecular weight is 320 g/mol. The Kier molecular flexibility index (Phi) is 6.07. The average Bonchev–Trinajstić information content (AvgIpc) is 2.99. The smallest absolute Gasteiger partial charge is 0.220 e. The van der Waals surface area contributed by atoms with Gasteiger partial charge in [0.1, 0.15) is 10.8 Å². The van der Waals surface area contributed by atoms with Crippen LogP contribution in [0.25, 0.3) is 0 Å². The fourth-order valence-corrected chi connectivity index (χ4v) is 3.02. The Morgan fingerprint density at radius 3 is 2.77 bits per heavy atom. The van der Waals surface area contributed by atoms with Crippen molar-refractivity contribution < 1.29 is 9.18 Å². The topological polar surface area (TPSA) is 42.0 Å². The van der Waals surface area contributed by atoms with E-state index in [1.807, 2.05) is 5.38 Å². The summed E-state index contributed by atoms with van der Waals surface area (Å²) in [6.07, 6.45) is 3.28. The second kappa shape index (κ2) is 8.03. The highest BCUT2D eigenvalue weighted by molar-refractivity contribution is 7.09. The molecule has 0 fully saturated rings. The first kappa shape index (κ1) is 16.6. The van der Waals surface area contributed by atoms with E-state index < -0.39 is 0 Å². The summed E-state index contributed by atoms with van der Waals surface area (Å²) in [5, 5.41) is 5.86. The molecule has 1 aromatic carbocycles. The molecule has 5 heteroatoms. The standard InChI is InChI=1S/C17H21FN2OS/c1-12(2)11-15(17-19-9-10-22-17)20-16(21)8-7-13-5-3-4-6-14(13)18/h3-6,9-10,12,15H,7-8,11H2,1-2H3,(H,20,21). The second-order valence-corrected chi connectivity index (χ2v) is 6.64. The SMILES string of the molecule is CC(C)CC(NC(=O)CCc1ccccc1F)c1nccs1. The third-order valence-corrected chi connectivity index (χ3v) is 4.26. The zero-order valence-corrected chi connectivity index (χ0v) is 13.7. The molecule has 3 nitrogen and oxygen atoms in total. The summed E-state index contributed by atoms with van der Waals surface area (Å²) in [7, 11) is 0. The molecule has 0 radical (unpaired) electrons. The number of carbonyl (C=O) groups is 1. The predicted octanol–water partition coefficient (Wildman–Crippen LogP) is 4.12. The van der Waals surface area contributed by atoms with Crippen LogP contribution < -0.4 is 5.32 Å². The fourth-order valence-electron chi connectivity index (χ4n) is 2.32. The number of benzene rings is 1. The summed E-state index contributed by atoms with van der Waals surface area (Å²) < 4.78 is 13.6. The summed E-state index contributed by atoms with van der Waals surface area (Å²) in [5.41, 5.74) is 0.576. The van der Waals surface area contributed by atoms with E-state index in [4.69, 9.17) is 0 Å². The monoisotopic (exact) mass is 320 g/mol. The molecule has 0 spiro atoms. The minimum atomic E-state index is -0.256. The van der Waals surface area contributed by atoms with Gasteiger partial charge in [0.15, 0.2) is 0 Å². The van der Waals surface area contributed by atoms with Gasteiger partial charge in [0.25, 0.3) is 0 Å². The number of aryl methyl sites for hydroxylation is 1. The first-order valence-electron chi connectivity index (χ1n) is 7.48. The first-order chi connectivity index (χ1) is 10.6. The van der Waals surface area contributed by atoms with Crippen molar-refractivity contribution in [3.8, 4) is 0 Å². The van der Waals surface area contributed by atoms with E-state index in [0.717, 1.165) is 11.4 Å². The highest BCUT2D eigenvalue weighted by Crippen LogP contribution is 2.23. The molecule has 2 rings (SSSR count). The molecule has 0 aliphatic heterocycles. The Balaban J connectivity index is 1.92. The lowest BCUT2D eigenvalue weighted by molar-refractivity contribution is -0.121. The van der Waals surface area contributed by atoms with Crippen LogP contribution in [-0.2, 0) is 11.2 Å². The van der Waals surface area contributed by atoms with Crippen LogP contribution in [-0.4, -0.2) is 10.9 Å². The third-order valence-electron chi connectivity index (χ3n) is 3.37. The van der Waals surface area contributed by atoms with E-state index >= 15 is 0 Å². The second-order valence-electron chi connectivity index (χ2n) is 5.71. The maximum absolute atomic E-state index is 13.6. The van der Waals surface area contributed by atoms with Crippen LogP contribution in [0.15, 0.2) is 35.8 Å². The number of nitrogens with zero attached hydrogens (tertiary/aromatic N) is 1. The normalized spacial score (nSPS) is 12.4. The van der Waals surface area contributed by atoms with Crippen molar-refractivity contribution in [2.75, 3.05) is 0 Å². The zero-order chi connectivity index (χ0) is 15.9. The number of amides is 1. The Hall–Kier alpha value is -1.75. The Morgan fingerprint density at radius 1 is 1.36 bits per heavy atom. The van der Waals surface area contributed by atoms with E-state index in [-0.39, 0.29) is 24.2 Å². The molecule has 0 aliphatic carbocycles. The lowest BCUT2D eigenvalue weighted by atomic mass is 10.0. The van der Waals surface area contributed by atoms with Crippen molar-refractivity contribution in [3.63, 3.8) is 0 Å². The molecule has 1 unspecified atom stereocenters. The summed E-state index contributed by atoms with van der Waals surface area (Å²) in [4.78, 5) is 16.5. The van der Waals surface area contributed by atoms with E-state index in [2.05, 4.69) is 24.1 Å². The van der Waals surface area contributed by atoms with Crippen LogP contribution in [0, 0.1) is 11.7 Å². The molecule has 2 aromatic rings. The van der Waals surface area contributed by atoms with Crippen molar-refractivity contribution >= 4 is 17.2 Å². The maximum Gasteiger partial charge on any atom is 0.220 e. The van der Waals surface area contributed by atoms with E-state index in [0.29, 0.717) is 17.9 Å². The lowest BCUT2D eigenvalue weighted by Crippen LogP contribution is -2.29. The number of halogens is 1. The molecule has 0 bridgehead atoms. The van der Waals surface area contributed by atoms with Crippen LogP contribution in [0.3, 0.4) is 0 Å². The summed E-state index contributed by atoms with van der Waals surface area (Å²) in [5.74, 6) is 0.138. The van der Waals surface area contributed by atoms with Gasteiger partial charge in [-0.15, -0.1) is 11.3 Å². The van der Waals surface area contributed by atoms with Crippen LogP contribution in [0.2, 0.25) is 0 Å². The van der Waals surface area contributed by atoms with Crippen molar-refractivity contribution in [1.82, 2.24) is 10.3 Å². The minimum absolute atomic E-state index is 0.0619. The molecule has 1 N–H and O–H groups in total. The van der Waals surface area contributed by atoms with Gasteiger partial charge in [-0.1, -0.05) is 32.0 Å². The number of hydrogen-bond donors (Lipinski definition) is 1. The molecule has 1 atom stereocenters. The number of rotatable bonds is 7. The third kappa shape index (κ3) is 4.91. The Bertz CT molecular complexity index is 598. The van der Waals surface area contributed by atoms with E-state index in [1.165, 1.54) is 6.07 Å². The zero-order valence-electron chi connectivity index (χ0n) is 12.9. The summed E-state index contributed by atoms with van der Waals surface area (Å²) in [6.45, 7) is 4.23. The molecule has 1 heterocycles. The van der Waals surface area contributed by atoms with Crippen molar-refractivity contribution in [3.05, 3.63) is 52.2 Å². The minimum Gasteiger partial charge on any atom is -0.347 e. The van der Waals surface area contributed by atoms with Crippen molar-refractivity contribution in [1.29, 1.82) is 0 Å². The van der Waals surface area contributed by atoms with Crippen LogP contribution >= 0.6 is 11.3 Å². The number of thiazole rings is 1. The van der Waals surface area contributed by atoms with Crippen LogP contribution in [0.5, 0.6) is 0 Å². The largest absolute Gasteiger partial charge is 0.347 e. The Labute approximate surface area is 134 Å². The highest BCUT2D eigenvalue weighted by atomic mass is 32.1. The molecule has 1 aromatic heterocycles. The number of hydrogen-bond acceptors (Lipinski definition) is 3. The van der Waals surface area contributed by atoms with Crippen molar-refractivity contribution in [2.45, 2.75) is 39.2 Å². The van der Waals surface area contributed by atoms with Crippen LogP contribution in [0.4, 0.5) is 4.39 Å². The van der Waals surface area contributed by atoms with Gasteiger partial charge in [0.2, 0.25) is 5.91 Å². The molecule has 1 amide bonds. The Morgan fingerprint density at radius 2 is 2.14 bits per heavy atom. The number of aromatic nitrogens is 1. The molecule has 22 heavy (non-hydrogen) atoms. The molecule has 0 saturated heterocycles. The predicted molar refractivity (Wildman–Crippen MR) is 87.2 cm³/mol. The lowest BCUT2D eigenvalue weighted by Gasteiger charge is -2.18. The maximum atomic E-state index is 13.6. The molecule has 0 aliphatic rings. The summed E-state index contributed by atoms with van der Waals surface area (Å²) in [6, 6.07) is 6.51. The number of nitrogens with one attached hydrogen (secondary N) is 1. The molecule has 118 valence electrons. The molecule has 0 saturated carbocycles. The first-order valence-corrected chi connectivity index (χ1v) is 8.36. The van der Waals surface area contributed by atoms with Gasteiger partial charge in [0.05, 0.1) is 6.04 Å². The quantitative estimate of drug-likeness (QED) is 0.834. The van der Waals surface area contributed by atoms with Gasteiger partial charge in [-0.05, 0) is 30.4 Å².